The highest BCUT2D eigenvalue weighted by atomic mass is 16.5. The number of rotatable bonds is 4. The Morgan fingerprint density at radius 1 is 1.24 bits per heavy atom. The number of H-pyrrole nitrogens is 2. The monoisotopic (exact) mass is 338 g/mol. The Bertz CT molecular complexity index is 845. The lowest BCUT2D eigenvalue weighted by Crippen LogP contribution is -2.30. The second-order valence-corrected chi connectivity index (χ2v) is 6.02. The van der Waals surface area contributed by atoms with E-state index in [0.29, 0.717) is 18.8 Å². The van der Waals surface area contributed by atoms with Gasteiger partial charge in [0.2, 0.25) is 0 Å². The molecule has 2 aromatic heterocycles. The summed E-state index contributed by atoms with van der Waals surface area (Å²) >= 11 is 0. The lowest BCUT2D eigenvalue weighted by Gasteiger charge is -2.14. The van der Waals surface area contributed by atoms with Crippen molar-refractivity contribution < 1.29 is 9.53 Å². The molecule has 1 aliphatic heterocycles. The van der Waals surface area contributed by atoms with Gasteiger partial charge < -0.3 is 9.64 Å². The van der Waals surface area contributed by atoms with Crippen molar-refractivity contribution in [2.45, 2.75) is 12.0 Å². The number of hydrogen-bond acceptors (Lipinski definition) is 5. The maximum absolute atomic E-state index is 12.8. The highest BCUT2D eigenvalue weighted by Crippen LogP contribution is 2.29. The average Bonchev–Trinajstić information content (AvgIpc) is 3.41. The first-order valence-corrected chi connectivity index (χ1v) is 8.05. The number of aromatic amines is 2. The number of nitrogens with zero attached hydrogens (tertiary/aromatic N) is 4. The van der Waals surface area contributed by atoms with Crippen LogP contribution in [-0.2, 0) is 4.74 Å². The van der Waals surface area contributed by atoms with E-state index < -0.39 is 0 Å². The zero-order valence-electron chi connectivity index (χ0n) is 13.7. The van der Waals surface area contributed by atoms with Gasteiger partial charge in [-0.3, -0.25) is 9.89 Å². The van der Waals surface area contributed by atoms with E-state index in [9.17, 15) is 4.79 Å². The van der Waals surface area contributed by atoms with Crippen molar-refractivity contribution in [3.8, 4) is 11.3 Å². The fraction of sp³-hybridized carbons (Fsp3) is 0.294. The molecule has 1 aromatic carbocycles. The highest BCUT2D eigenvalue weighted by molar-refractivity contribution is 5.93. The molecule has 3 aromatic rings. The zero-order valence-corrected chi connectivity index (χ0v) is 13.7. The zero-order chi connectivity index (χ0) is 17.2. The lowest BCUT2D eigenvalue weighted by molar-refractivity contribution is 0.0709. The van der Waals surface area contributed by atoms with Crippen molar-refractivity contribution in [2.75, 3.05) is 20.2 Å². The van der Waals surface area contributed by atoms with Crippen molar-refractivity contribution in [3.63, 3.8) is 0 Å². The minimum atomic E-state index is -0.106. The van der Waals surface area contributed by atoms with Crippen LogP contribution in [-0.4, -0.2) is 62.7 Å². The molecule has 4 rings (SSSR count). The summed E-state index contributed by atoms with van der Waals surface area (Å²) in [5.41, 5.74) is 2.99. The Kier molecular flexibility index (Phi) is 4.02. The first-order chi connectivity index (χ1) is 12.3. The number of amides is 1. The number of hydrogen-bond donors (Lipinski definition) is 2. The van der Waals surface area contributed by atoms with Crippen LogP contribution in [0.5, 0.6) is 0 Å². The second-order valence-electron chi connectivity index (χ2n) is 6.02. The topological polar surface area (TPSA) is 99.8 Å². The number of ether oxygens (including phenoxy) is 1. The molecule has 8 heteroatoms. The fourth-order valence-corrected chi connectivity index (χ4v) is 3.21. The summed E-state index contributed by atoms with van der Waals surface area (Å²) in [6.45, 7) is 1.04. The Labute approximate surface area is 144 Å². The van der Waals surface area contributed by atoms with Crippen molar-refractivity contribution in [2.24, 2.45) is 0 Å². The van der Waals surface area contributed by atoms with Crippen LogP contribution in [0.1, 0.15) is 22.1 Å². The van der Waals surface area contributed by atoms with Crippen LogP contribution in [0, 0.1) is 0 Å². The van der Waals surface area contributed by atoms with Gasteiger partial charge in [0.1, 0.15) is 5.69 Å². The number of carbonyl (C=O) groups excluding carboxylic acids is 1. The van der Waals surface area contributed by atoms with Crippen molar-refractivity contribution in [3.05, 3.63) is 54.0 Å². The van der Waals surface area contributed by atoms with E-state index in [4.69, 9.17) is 4.74 Å². The van der Waals surface area contributed by atoms with Gasteiger partial charge in [-0.1, -0.05) is 30.3 Å². The molecule has 0 radical (unpaired) electrons. The molecule has 0 unspecified atom stereocenters. The minimum Gasteiger partial charge on any atom is -0.379 e. The molecule has 1 fully saturated rings. The van der Waals surface area contributed by atoms with Crippen LogP contribution >= 0.6 is 0 Å². The van der Waals surface area contributed by atoms with E-state index in [-0.39, 0.29) is 17.9 Å². The van der Waals surface area contributed by atoms with Gasteiger partial charge in [-0.2, -0.15) is 20.5 Å². The van der Waals surface area contributed by atoms with E-state index in [1.807, 2.05) is 30.3 Å². The van der Waals surface area contributed by atoms with Gasteiger partial charge in [-0.15, -0.1) is 0 Å². The molecule has 1 amide bonds. The Morgan fingerprint density at radius 2 is 2.08 bits per heavy atom. The van der Waals surface area contributed by atoms with E-state index >= 15 is 0 Å². The maximum Gasteiger partial charge on any atom is 0.271 e. The van der Waals surface area contributed by atoms with Crippen LogP contribution in [0.4, 0.5) is 0 Å². The molecule has 2 N–H and O–H groups in total. The first kappa shape index (κ1) is 15.5. The SMILES string of the molecule is CO[C@@H]1CN(C(=O)c2cc(-c3ccccc3)n[nH]2)C[C@H]1c1cn[nH]n1. The van der Waals surface area contributed by atoms with Crippen LogP contribution < -0.4 is 0 Å². The molecule has 3 heterocycles. The average molecular weight is 338 g/mol. The summed E-state index contributed by atoms with van der Waals surface area (Å²) in [5.74, 6) is -0.0908. The molecule has 8 nitrogen and oxygen atoms in total. The fourth-order valence-electron chi connectivity index (χ4n) is 3.21. The van der Waals surface area contributed by atoms with Crippen molar-refractivity contribution in [1.29, 1.82) is 0 Å². The normalized spacial score (nSPS) is 20.1. The standard InChI is InChI=1S/C17H18N6O2/c1-25-16-10-23(9-12(16)15-8-18-22-21-15)17(24)14-7-13(19-20-14)11-5-3-2-4-6-11/h2-8,12,16H,9-10H2,1H3,(H,19,20)(H,18,21,22)/t12-,16+/m0/s1. The molecule has 0 spiro atoms. The predicted octanol–water partition coefficient (Wildman–Crippen LogP) is 1.45. The van der Waals surface area contributed by atoms with E-state index in [1.54, 1.807) is 24.3 Å². The van der Waals surface area contributed by atoms with Gasteiger partial charge in [-0.05, 0) is 6.07 Å². The third-order valence-corrected chi connectivity index (χ3v) is 4.55. The van der Waals surface area contributed by atoms with Crippen LogP contribution in [0.2, 0.25) is 0 Å². The summed E-state index contributed by atoms with van der Waals surface area (Å²) in [4.78, 5) is 14.6. The molecule has 2 atom stereocenters. The molecule has 0 bridgehead atoms. The van der Waals surface area contributed by atoms with E-state index in [1.165, 1.54) is 0 Å². The molecular formula is C17H18N6O2. The van der Waals surface area contributed by atoms with Crippen LogP contribution in [0.25, 0.3) is 11.3 Å². The molecule has 128 valence electrons. The highest BCUT2D eigenvalue weighted by Gasteiger charge is 2.38. The Balaban J connectivity index is 1.53. The summed E-state index contributed by atoms with van der Waals surface area (Å²) in [5, 5.41) is 17.7. The lowest BCUT2D eigenvalue weighted by atomic mass is 10.0. The Hall–Kier alpha value is -3.00. The smallest absolute Gasteiger partial charge is 0.271 e. The number of methoxy groups -OCH3 is 1. The number of nitrogens with one attached hydrogen (secondary N) is 2. The van der Waals surface area contributed by atoms with Gasteiger partial charge in [0.15, 0.2) is 0 Å². The minimum absolute atomic E-state index is 0.00390. The Morgan fingerprint density at radius 3 is 2.80 bits per heavy atom. The second kappa shape index (κ2) is 6.48. The molecule has 1 saturated heterocycles. The van der Waals surface area contributed by atoms with Gasteiger partial charge in [0, 0.05) is 25.8 Å². The molecule has 25 heavy (non-hydrogen) atoms. The van der Waals surface area contributed by atoms with Gasteiger partial charge in [-0.25, -0.2) is 0 Å². The molecular weight excluding hydrogens is 320 g/mol. The maximum atomic E-state index is 12.8. The first-order valence-electron chi connectivity index (χ1n) is 8.05. The van der Waals surface area contributed by atoms with Crippen molar-refractivity contribution >= 4 is 5.91 Å². The third kappa shape index (κ3) is 2.91. The van der Waals surface area contributed by atoms with E-state index in [0.717, 1.165) is 17.0 Å². The van der Waals surface area contributed by atoms with Crippen molar-refractivity contribution in [1.82, 2.24) is 30.5 Å². The third-order valence-electron chi connectivity index (χ3n) is 4.55. The van der Waals surface area contributed by atoms with Gasteiger partial charge in [0.25, 0.3) is 5.91 Å². The molecule has 1 aliphatic rings. The number of carbonyl (C=O) groups is 1. The van der Waals surface area contributed by atoms with Gasteiger partial charge >= 0.3 is 0 Å². The number of likely N-dealkylation sites (tertiary alicyclic amines) is 1. The van der Waals surface area contributed by atoms with E-state index in [2.05, 4.69) is 25.6 Å². The van der Waals surface area contributed by atoms with Crippen LogP contribution in [0.3, 0.4) is 0 Å². The van der Waals surface area contributed by atoms with Crippen LogP contribution in [0.15, 0.2) is 42.6 Å². The number of aromatic nitrogens is 5. The summed E-state index contributed by atoms with van der Waals surface area (Å²) in [6.07, 6.45) is 1.57. The predicted molar refractivity (Wildman–Crippen MR) is 89.8 cm³/mol. The summed E-state index contributed by atoms with van der Waals surface area (Å²) < 4.78 is 5.54. The number of benzene rings is 1. The molecule has 0 saturated carbocycles. The quantitative estimate of drug-likeness (QED) is 0.750. The molecule has 0 aliphatic carbocycles. The van der Waals surface area contributed by atoms with Gasteiger partial charge in [0.05, 0.1) is 29.6 Å². The largest absolute Gasteiger partial charge is 0.379 e. The summed E-state index contributed by atoms with van der Waals surface area (Å²) in [6, 6.07) is 11.5. The summed E-state index contributed by atoms with van der Waals surface area (Å²) in [7, 11) is 1.65.